The minimum absolute atomic E-state index is 0. The van der Waals surface area contributed by atoms with E-state index < -0.39 is 0 Å². The molecule has 0 unspecified atom stereocenters. The summed E-state index contributed by atoms with van der Waals surface area (Å²) in [5.74, 6) is 0. The monoisotopic (exact) mass is 280 g/mol. The zero-order chi connectivity index (χ0) is 4.41. The molecule has 1 radical (unpaired) electrons. The van der Waals surface area contributed by atoms with Gasteiger partial charge in [-0.25, -0.2) is 10.2 Å². The van der Waals surface area contributed by atoms with E-state index >= 15 is 0 Å². The molecule has 0 aromatic rings. The fraction of sp³-hybridized carbons (Fsp3) is 0.500. The molecule has 2 amide bonds. The summed E-state index contributed by atoms with van der Waals surface area (Å²) >= 11 is 0. The van der Waals surface area contributed by atoms with E-state index in [0.717, 1.165) is 0 Å². The maximum absolute atomic E-state index is 9.96. The summed E-state index contributed by atoms with van der Waals surface area (Å²) < 4.78 is 0. The summed E-state index contributed by atoms with van der Waals surface area (Å²) in [6.45, 7) is 0.527. The third-order valence-electron chi connectivity index (χ3n) is 0.539. The first-order chi connectivity index (χ1) is 2.89. The molecule has 3 N–H and O–H groups in total. The van der Waals surface area contributed by atoms with Gasteiger partial charge in [0.15, 0.2) is 0 Å². The van der Waals surface area contributed by atoms with E-state index in [1.807, 2.05) is 0 Å². The SMILES string of the molecule is O=C1NCNN1.[Ir]. The van der Waals surface area contributed by atoms with Gasteiger partial charge in [-0.1, -0.05) is 0 Å². The zero-order valence-corrected chi connectivity index (χ0v) is 5.84. The van der Waals surface area contributed by atoms with E-state index in [-0.39, 0.29) is 26.1 Å². The van der Waals surface area contributed by atoms with Crippen molar-refractivity contribution in [3.8, 4) is 0 Å². The summed E-state index contributed by atoms with van der Waals surface area (Å²) in [6.07, 6.45) is 0. The second-order valence-electron chi connectivity index (χ2n) is 0.984. The summed E-state index contributed by atoms with van der Waals surface area (Å²) in [5, 5.41) is 2.46. The number of hydrazine groups is 1. The molecule has 5 heteroatoms. The summed E-state index contributed by atoms with van der Waals surface area (Å²) in [6, 6.07) is -0.157. The molecule has 0 atom stereocenters. The topological polar surface area (TPSA) is 53.2 Å². The van der Waals surface area contributed by atoms with Crippen molar-refractivity contribution in [1.29, 1.82) is 0 Å². The maximum atomic E-state index is 9.96. The van der Waals surface area contributed by atoms with Gasteiger partial charge in [0.1, 0.15) is 0 Å². The third kappa shape index (κ3) is 1.87. The van der Waals surface area contributed by atoms with Crippen LogP contribution in [0.5, 0.6) is 0 Å². The van der Waals surface area contributed by atoms with E-state index in [1.54, 1.807) is 0 Å². The van der Waals surface area contributed by atoms with Crippen LogP contribution in [0.1, 0.15) is 0 Å². The molecule has 0 aromatic carbocycles. The van der Waals surface area contributed by atoms with Gasteiger partial charge in [0.2, 0.25) is 0 Å². The van der Waals surface area contributed by atoms with Crippen LogP contribution in [-0.2, 0) is 20.1 Å². The average molecular weight is 279 g/mol. The normalized spacial score (nSPS) is 16.9. The Morgan fingerprint density at radius 1 is 1.57 bits per heavy atom. The fourth-order valence-electron chi connectivity index (χ4n) is 0.293. The van der Waals surface area contributed by atoms with Crippen molar-refractivity contribution < 1.29 is 24.9 Å². The van der Waals surface area contributed by atoms with Crippen molar-refractivity contribution in [1.82, 2.24) is 16.2 Å². The number of urea groups is 1. The largest absolute Gasteiger partial charge is 0.330 e. The molecule has 1 aliphatic rings. The van der Waals surface area contributed by atoms with Crippen molar-refractivity contribution in [2.45, 2.75) is 0 Å². The van der Waals surface area contributed by atoms with Crippen molar-refractivity contribution in [2.75, 3.05) is 6.67 Å². The Labute approximate surface area is 54.4 Å². The molecule has 1 rings (SSSR count). The molecule has 0 aliphatic carbocycles. The fourth-order valence-corrected chi connectivity index (χ4v) is 0.293. The second-order valence-corrected chi connectivity index (χ2v) is 0.984. The quantitative estimate of drug-likeness (QED) is 0.519. The predicted octanol–water partition coefficient (Wildman–Crippen LogP) is -1.24. The van der Waals surface area contributed by atoms with Crippen LogP contribution in [0.4, 0.5) is 4.79 Å². The molecule has 4 nitrogen and oxygen atoms in total. The van der Waals surface area contributed by atoms with Crippen molar-refractivity contribution >= 4 is 6.03 Å². The van der Waals surface area contributed by atoms with Crippen LogP contribution in [0, 0.1) is 0 Å². The van der Waals surface area contributed by atoms with Gasteiger partial charge in [0, 0.05) is 20.1 Å². The van der Waals surface area contributed by atoms with Crippen LogP contribution in [0.2, 0.25) is 0 Å². The number of carbonyl (C=O) groups is 1. The Balaban J connectivity index is 0.000000360. The number of hydrogen-bond acceptors (Lipinski definition) is 2. The van der Waals surface area contributed by atoms with E-state index in [4.69, 9.17) is 0 Å². The Hall–Kier alpha value is -0.121. The zero-order valence-electron chi connectivity index (χ0n) is 3.45. The smallest absolute Gasteiger partial charge is 0.323 e. The molecule has 1 fully saturated rings. The van der Waals surface area contributed by atoms with Crippen molar-refractivity contribution in [3.05, 3.63) is 0 Å². The van der Waals surface area contributed by atoms with Crippen LogP contribution in [0.15, 0.2) is 0 Å². The Bertz CT molecular complexity index is 67.3. The number of nitrogens with one attached hydrogen (secondary N) is 3. The summed E-state index contributed by atoms with van der Waals surface area (Å²) in [5.41, 5.74) is 4.88. The molecule has 0 aromatic heterocycles. The molecule has 0 spiro atoms. The van der Waals surface area contributed by atoms with Gasteiger partial charge in [-0.15, -0.1) is 0 Å². The summed E-state index contributed by atoms with van der Waals surface area (Å²) in [7, 11) is 0. The predicted molar refractivity (Wildman–Crippen MR) is 19.7 cm³/mol. The molecular weight excluding hydrogens is 274 g/mol. The second kappa shape index (κ2) is 2.96. The molecule has 0 bridgehead atoms. The molecule has 0 saturated carbocycles. The van der Waals surface area contributed by atoms with Gasteiger partial charge >= 0.3 is 6.03 Å². The van der Waals surface area contributed by atoms with Gasteiger partial charge in [-0.3, -0.25) is 5.43 Å². The summed E-state index contributed by atoms with van der Waals surface area (Å²) in [4.78, 5) is 9.96. The van der Waals surface area contributed by atoms with Gasteiger partial charge in [0.25, 0.3) is 0 Å². The number of hydrogen-bond donors (Lipinski definition) is 3. The van der Waals surface area contributed by atoms with Crippen LogP contribution in [-0.4, -0.2) is 12.7 Å². The standard InChI is InChI=1S/C2H5N3O.Ir/c6-2-3-1-4-5-2;/h4H,1H2,(H2,3,5,6);. The molecular formula is C2H5IrN3O. The first-order valence-corrected chi connectivity index (χ1v) is 1.66. The van der Waals surface area contributed by atoms with Gasteiger partial charge < -0.3 is 5.32 Å². The van der Waals surface area contributed by atoms with Crippen molar-refractivity contribution in [2.24, 2.45) is 0 Å². The number of rotatable bonds is 0. The van der Waals surface area contributed by atoms with E-state index in [1.165, 1.54) is 0 Å². The first-order valence-electron chi connectivity index (χ1n) is 1.66. The molecule has 43 valence electrons. The molecule has 7 heavy (non-hydrogen) atoms. The average Bonchev–Trinajstić information content (AvgIpc) is 1.86. The van der Waals surface area contributed by atoms with E-state index in [2.05, 4.69) is 16.2 Å². The van der Waals surface area contributed by atoms with Gasteiger partial charge in [-0.05, 0) is 0 Å². The Morgan fingerprint density at radius 3 is 2.43 bits per heavy atom. The molecule has 1 heterocycles. The molecule has 1 aliphatic heterocycles. The number of amides is 2. The first kappa shape index (κ1) is 6.88. The Kier molecular flexibility index (Phi) is 2.91. The maximum Gasteiger partial charge on any atom is 0.330 e. The number of carbonyl (C=O) groups excluding carboxylic acids is 1. The minimum atomic E-state index is -0.157. The van der Waals surface area contributed by atoms with Gasteiger partial charge in [0.05, 0.1) is 6.67 Å². The molecule has 1 saturated heterocycles. The van der Waals surface area contributed by atoms with Crippen LogP contribution < -0.4 is 16.2 Å². The Morgan fingerprint density at radius 2 is 2.29 bits per heavy atom. The van der Waals surface area contributed by atoms with Crippen LogP contribution in [0.25, 0.3) is 0 Å². The van der Waals surface area contributed by atoms with Gasteiger partial charge in [-0.2, -0.15) is 0 Å². The van der Waals surface area contributed by atoms with Crippen LogP contribution in [0.3, 0.4) is 0 Å². The van der Waals surface area contributed by atoms with E-state index in [9.17, 15) is 4.79 Å². The van der Waals surface area contributed by atoms with E-state index in [0.29, 0.717) is 6.67 Å². The van der Waals surface area contributed by atoms with Crippen molar-refractivity contribution in [3.63, 3.8) is 0 Å². The van der Waals surface area contributed by atoms with Crippen LogP contribution >= 0.6 is 0 Å². The third-order valence-corrected chi connectivity index (χ3v) is 0.539. The minimum Gasteiger partial charge on any atom is -0.323 e.